The van der Waals surface area contributed by atoms with Crippen molar-refractivity contribution in [2.24, 2.45) is 0 Å². The Balaban J connectivity index is 2.75. The molecule has 14 heavy (non-hydrogen) atoms. The van der Waals surface area contributed by atoms with E-state index in [-0.39, 0.29) is 0 Å². The molecule has 0 radical (unpaired) electrons. The molecule has 0 fully saturated rings. The molecule has 1 rings (SSSR count). The molecule has 0 heterocycles. The molecule has 2 atom stereocenters. The predicted molar refractivity (Wildman–Crippen MR) is 56.1 cm³/mol. The standard InChI is InChI=1S/C10H11BrO3/c1-14-10(13)8(11)9(12)7-5-3-2-4-6-7/h2-6,8-9,12H,1H3/t8-,9+/m0/s1. The van der Waals surface area contributed by atoms with Crippen molar-refractivity contribution in [1.29, 1.82) is 0 Å². The summed E-state index contributed by atoms with van der Waals surface area (Å²) < 4.78 is 4.51. The van der Waals surface area contributed by atoms with E-state index in [1.807, 2.05) is 6.07 Å². The number of hydrogen-bond donors (Lipinski definition) is 1. The predicted octanol–water partition coefficient (Wildman–Crippen LogP) is 1.66. The zero-order chi connectivity index (χ0) is 10.6. The van der Waals surface area contributed by atoms with Gasteiger partial charge in [-0.1, -0.05) is 46.3 Å². The minimum Gasteiger partial charge on any atom is -0.468 e. The minimum atomic E-state index is -0.886. The van der Waals surface area contributed by atoms with Crippen molar-refractivity contribution >= 4 is 21.9 Å². The topological polar surface area (TPSA) is 46.5 Å². The van der Waals surface area contributed by atoms with Crippen LogP contribution in [0.15, 0.2) is 30.3 Å². The van der Waals surface area contributed by atoms with Gasteiger partial charge in [-0.05, 0) is 5.56 Å². The summed E-state index contributed by atoms with van der Waals surface area (Å²) >= 11 is 3.08. The van der Waals surface area contributed by atoms with Crippen LogP contribution in [0.5, 0.6) is 0 Å². The molecule has 3 nitrogen and oxygen atoms in total. The Labute approximate surface area is 90.8 Å². The number of carbonyl (C=O) groups excluding carboxylic acids is 1. The fourth-order valence-corrected chi connectivity index (χ4v) is 1.55. The van der Waals surface area contributed by atoms with Crippen molar-refractivity contribution in [1.82, 2.24) is 0 Å². The third-order valence-electron chi connectivity index (χ3n) is 1.84. The average molecular weight is 259 g/mol. The van der Waals surface area contributed by atoms with Crippen LogP contribution in [0.2, 0.25) is 0 Å². The summed E-state index contributed by atoms with van der Waals surface area (Å²) in [5.74, 6) is -0.485. The maximum absolute atomic E-state index is 11.1. The average Bonchev–Trinajstić information content (AvgIpc) is 2.27. The fourth-order valence-electron chi connectivity index (χ4n) is 1.06. The number of carbonyl (C=O) groups is 1. The van der Waals surface area contributed by atoms with E-state index in [4.69, 9.17) is 0 Å². The van der Waals surface area contributed by atoms with E-state index in [0.717, 1.165) is 0 Å². The molecule has 0 aliphatic rings. The molecule has 0 spiro atoms. The van der Waals surface area contributed by atoms with Gasteiger partial charge in [0.1, 0.15) is 10.9 Å². The number of alkyl halides is 1. The van der Waals surface area contributed by atoms with Crippen molar-refractivity contribution in [3.05, 3.63) is 35.9 Å². The second-order valence-corrected chi connectivity index (χ2v) is 3.77. The number of hydrogen-bond acceptors (Lipinski definition) is 3. The second kappa shape index (κ2) is 5.12. The molecule has 0 aromatic heterocycles. The number of aliphatic hydroxyl groups excluding tert-OH is 1. The Hall–Kier alpha value is -0.870. The van der Waals surface area contributed by atoms with Crippen molar-refractivity contribution in [3.8, 4) is 0 Å². The van der Waals surface area contributed by atoms with E-state index < -0.39 is 16.9 Å². The van der Waals surface area contributed by atoms with Crippen LogP contribution in [-0.2, 0) is 9.53 Å². The van der Waals surface area contributed by atoms with Crippen molar-refractivity contribution in [2.45, 2.75) is 10.9 Å². The van der Waals surface area contributed by atoms with Gasteiger partial charge >= 0.3 is 5.97 Å². The lowest BCUT2D eigenvalue weighted by molar-refractivity contribution is -0.141. The second-order valence-electron chi connectivity index (χ2n) is 2.78. The number of benzene rings is 1. The summed E-state index contributed by atoms with van der Waals surface area (Å²) in [5.41, 5.74) is 0.680. The van der Waals surface area contributed by atoms with Crippen LogP contribution >= 0.6 is 15.9 Å². The van der Waals surface area contributed by atoms with E-state index in [0.29, 0.717) is 5.56 Å². The third kappa shape index (κ3) is 2.56. The van der Waals surface area contributed by atoms with Gasteiger partial charge in [0.25, 0.3) is 0 Å². The Morgan fingerprint density at radius 3 is 2.50 bits per heavy atom. The van der Waals surface area contributed by atoms with Crippen molar-refractivity contribution in [3.63, 3.8) is 0 Å². The van der Waals surface area contributed by atoms with Crippen molar-refractivity contribution in [2.75, 3.05) is 7.11 Å². The van der Waals surface area contributed by atoms with Crippen molar-refractivity contribution < 1.29 is 14.6 Å². The Morgan fingerprint density at radius 1 is 1.43 bits per heavy atom. The van der Waals surface area contributed by atoms with E-state index in [2.05, 4.69) is 20.7 Å². The molecule has 0 aliphatic heterocycles. The highest BCUT2D eigenvalue weighted by Gasteiger charge is 2.25. The number of rotatable bonds is 3. The number of ether oxygens (including phenoxy) is 1. The Morgan fingerprint density at radius 2 is 2.00 bits per heavy atom. The SMILES string of the molecule is COC(=O)[C@@H](Br)[C@H](O)c1ccccc1. The first-order chi connectivity index (χ1) is 6.66. The van der Waals surface area contributed by atoms with Gasteiger partial charge in [0, 0.05) is 0 Å². The van der Waals surface area contributed by atoms with Gasteiger partial charge < -0.3 is 9.84 Å². The van der Waals surface area contributed by atoms with Gasteiger partial charge in [0.15, 0.2) is 0 Å². The number of aliphatic hydroxyl groups is 1. The van der Waals surface area contributed by atoms with Crippen LogP contribution in [0.3, 0.4) is 0 Å². The molecule has 4 heteroatoms. The fraction of sp³-hybridized carbons (Fsp3) is 0.300. The molecule has 0 unspecified atom stereocenters. The van der Waals surface area contributed by atoms with Crippen LogP contribution in [0.25, 0.3) is 0 Å². The molecule has 1 N–H and O–H groups in total. The molecular weight excluding hydrogens is 248 g/mol. The van der Waals surface area contributed by atoms with Crippen LogP contribution in [0.4, 0.5) is 0 Å². The van der Waals surface area contributed by atoms with E-state index in [9.17, 15) is 9.90 Å². The van der Waals surface area contributed by atoms with Crippen LogP contribution in [-0.4, -0.2) is 23.0 Å². The van der Waals surface area contributed by atoms with E-state index in [1.54, 1.807) is 24.3 Å². The highest BCUT2D eigenvalue weighted by molar-refractivity contribution is 9.10. The number of halogens is 1. The highest BCUT2D eigenvalue weighted by atomic mass is 79.9. The largest absolute Gasteiger partial charge is 0.468 e. The molecule has 76 valence electrons. The smallest absolute Gasteiger partial charge is 0.322 e. The summed E-state index contributed by atoms with van der Waals surface area (Å²) in [6, 6.07) is 8.95. The first kappa shape index (κ1) is 11.2. The van der Waals surface area contributed by atoms with Gasteiger partial charge in [-0.3, -0.25) is 4.79 Å². The van der Waals surface area contributed by atoms with Crippen LogP contribution < -0.4 is 0 Å². The van der Waals surface area contributed by atoms with Gasteiger partial charge in [-0.15, -0.1) is 0 Å². The van der Waals surface area contributed by atoms with Crippen LogP contribution in [0.1, 0.15) is 11.7 Å². The van der Waals surface area contributed by atoms with E-state index in [1.165, 1.54) is 7.11 Å². The lowest BCUT2D eigenvalue weighted by atomic mass is 10.1. The Bertz CT molecular complexity index is 299. The number of methoxy groups -OCH3 is 1. The van der Waals surface area contributed by atoms with Crippen LogP contribution in [0, 0.1) is 0 Å². The molecule has 0 aliphatic carbocycles. The Kier molecular flexibility index (Phi) is 4.10. The lowest BCUT2D eigenvalue weighted by Gasteiger charge is -2.15. The summed E-state index contributed by atoms with van der Waals surface area (Å²) in [4.78, 5) is 10.4. The molecule has 0 saturated carbocycles. The lowest BCUT2D eigenvalue weighted by Crippen LogP contribution is -2.23. The minimum absolute atomic E-state index is 0.485. The third-order valence-corrected chi connectivity index (χ3v) is 2.72. The maximum atomic E-state index is 11.1. The van der Waals surface area contributed by atoms with Gasteiger partial charge in [-0.25, -0.2) is 0 Å². The zero-order valence-electron chi connectivity index (χ0n) is 7.68. The molecular formula is C10H11BrO3. The van der Waals surface area contributed by atoms with Gasteiger partial charge in [0.05, 0.1) is 7.11 Å². The quantitative estimate of drug-likeness (QED) is 0.663. The molecule has 0 saturated heterocycles. The monoisotopic (exact) mass is 258 g/mol. The summed E-state index contributed by atoms with van der Waals surface area (Å²) in [6.45, 7) is 0. The van der Waals surface area contributed by atoms with E-state index >= 15 is 0 Å². The maximum Gasteiger partial charge on any atom is 0.322 e. The molecule has 0 amide bonds. The molecule has 0 bridgehead atoms. The first-order valence-electron chi connectivity index (χ1n) is 4.11. The zero-order valence-corrected chi connectivity index (χ0v) is 9.27. The first-order valence-corrected chi connectivity index (χ1v) is 5.03. The summed E-state index contributed by atoms with van der Waals surface area (Å²) in [6.07, 6.45) is -0.886. The summed E-state index contributed by atoms with van der Waals surface area (Å²) in [7, 11) is 1.29. The van der Waals surface area contributed by atoms with Gasteiger partial charge in [0.2, 0.25) is 0 Å². The summed E-state index contributed by atoms with van der Waals surface area (Å²) in [5, 5.41) is 9.74. The number of esters is 1. The molecule has 1 aromatic carbocycles. The normalized spacial score (nSPS) is 14.5. The van der Waals surface area contributed by atoms with Gasteiger partial charge in [-0.2, -0.15) is 0 Å². The highest BCUT2D eigenvalue weighted by Crippen LogP contribution is 2.22. The molecule has 1 aromatic rings.